The minimum Gasteiger partial charge on any atom is -0.502 e. The van der Waals surface area contributed by atoms with Gasteiger partial charge in [0.2, 0.25) is 0 Å². The van der Waals surface area contributed by atoms with Gasteiger partial charge in [0.25, 0.3) is 5.56 Å². The molecule has 4 aromatic heterocycles. The van der Waals surface area contributed by atoms with E-state index < -0.39 is 17.3 Å². The maximum atomic E-state index is 12.6. The fourth-order valence-corrected chi connectivity index (χ4v) is 4.18. The van der Waals surface area contributed by atoms with Gasteiger partial charge in [-0.05, 0) is 18.4 Å². The summed E-state index contributed by atoms with van der Waals surface area (Å²) in [5.41, 5.74) is 2.11. The molecule has 28 heavy (non-hydrogen) atoms. The number of fused-ring (bicyclic) bond motifs is 1. The Hall–Kier alpha value is -3.40. The highest BCUT2D eigenvalue weighted by Crippen LogP contribution is 2.29. The number of carboxylic acid groups (broad SMARTS) is 1. The molecule has 2 N–H and O–H groups in total. The van der Waals surface area contributed by atoms with Gasteiger partial charge in [0.15, 0.2) is 5.75 Å². The Balaban J connectivity index is 1.69. The molecule has 0 saturated heterocycles. The van der Waals surface area contributed by atoms with Gasteiger partial charge in [0.1, 0.15) is 5.56 Å². The number of hydrogen-bond acceptors (Lipinski definition) is 6. The number of nitrogens with zero attached hydrogens (tertiary/aromatic N) is 5. The molecule has 0 unspecified atom stereocenters. The number of carboxylic acids is 1. The third-order valence-electron chi connectivity index (χ3n) is 4.54. The monoisotopic (exact) mass is 399 g/mol. The van der Waals surface area contributed by atoms with Crippen molar-refractivity contribution in [3.05, 3.63) is 62.8 Å². The summed E-state index contributed by atoms with van der Waals surface area (Å²) in [7, 11) is 1.86. The fourth-order valence-electron chi connectivity index (χ4n) is 3.24. The molecule has 0 amide bonds. The van der Waals surface area contributed by atoms with Crippen LogP contribution in [0.5, 0.6) is 5.75 Å². The maximum absolute atomic E-state index is 12.6. The Morgan fingerprint density at radius 2 is 2.07 bits per heavy atom. The lowest BCUT2D eigenvalue weighted by Crippen LogP contribution is -2.22. The predicted octanol–water partition coefficient (Wildman–Crippen LogP) is 1.80. The summed E-state index contributed by atoms with van der Waals surface area (Å²) in [4.78, 5) is 24.0. The van der Waals surface area contributed by atoms with E-state index in [1.54, 1.807) is 27.0 Å². The number of aromatic hydroxyl groups is 1. The first-order chi connectivity index (χ1) is 13.3. The number of aromatic carboxylic acids is 1. The molecule has 0 aromatic carbocycles. The molecule has 0 aliphatic carbocycles. The van der Waals surface area contributed by atoms with Crippen molar-refractivity contribution in [3.63, 3.8) is 0 Å². The summed E-state index contributed by atoms with van der Waals surface area (Å²) in [5, 5.41) is 29.8. The molecule has 0 spiro atoms. The smallest absolute Gasteiger partial charge is 0.341 e. The highest BCUT2D eigenvalue weighted by molar-refractivity contribution is 7.17. The summed E-state index contributed by atoms with van der Waals surface area (Å²) in [6.45, 7) is 2.65. The molecule has 0 radical (unpaired) electrons. The van der Waals surface area contributed by atoms with Crippen molar-refractivity contribution in [1.82, 2.24) is 24.1 Å². The van der Waals surface area contributed by atoms with Crippen molar-refractivity contribution < 1.29 is 15.0 Å². The van der Waals surface area contributed by atoms with Crippen LogP contribution >= 0.6 is 11.3 Å². The van der Waals surface area contributed by atoms with Crippen LogP contribution in [0.1, 0.15) is 27.2 Å². The molecule has 4 heterocycles. The van der Waals surface area contributed by atoms with Gasteiger partial charge >= 0.3 is 5.97 Å². The lowest BCUT2D eigenvalue weighted by atomic mass is 10.2. The lowest BCUT2D eigenvalue weighted by molar-refractivity contribution is 0.0695. The second-order valence-electron chi connectivity index (χ2n) is 6.51. The molecule has 0 saturated carbocycles. The Morgan fingerprint density at radius 1 is 1.29 bits per heavy atom. The molecule has 9 nitrogen and oxygen atoms in total. The predicted molar refractivity (Wildman–Crippen MR) is 103 cm³/mol. The van der Waals surface area contributed by atoms with Gasteiger partial charge in [-0.3, -0.25) is 18.7 Å². The van der Waals surface area contributed by atoms with Crippen LogP contribution in [0.25, 0.3) is 10.2 Å². The average Bonchev–Trinajstić information content (AvgIpc) is 3.33. The normalized spacial score (nSPS) is 11.4. The molecule has 4 rings (SSSR count). The molecule has 10 heteroatoms. The molecule has 4 aromatic rings. The van der Waals surface area contributed by atoms with Gasteiger partial charge in [-0.1, -0.05) is 0 Å². The molecular formula is C18H17N5O4S. The first-order valence-electron chi connectivity index (χ1n) is 8.42. The molecule has 0 bridgehead atoms. The second-order valence-corrected chi connectivity index (χ2v) is 7.43. The number of thiophene rings is 1. The minimum atomic E-state index is -1.33. The lowest BCUT2D eigenvalue weighted by Gasteiger charge is -2.09. The molecule has 0 aliphatic rings. The van der Waals surface area contributed by atoms with E-state index >= 15 is 0 Å². The highest BCUT2D eigenvalue weighted by atomic mass is 32.1. The van der Waals surface area contributed by atoms with E-state index in [0.29, 0.717) is 16.8 Å². The largest absolute Gasteiger partial charge is 0.502 e. The third kappa shape index (κ3) is 2.97. The molecule has 0 atom stereocenters. The topological polar surface area (TPSA) is 115 Å². The highest BCUT2D eigenvalue weighted by Gasteiger charge is 2.22. The molecule has 144 valence electrons. The summed E-state index contributed by atoms with van der Waals surface area (Å²) < 4.78 is 5.22. The summed E-state index contributed by atoms with van der Waals surface area (Å²) >= 11 is 1.17. The van der Waals surface area contributed by atoms with E-state index in [1.807, 2.05) is 26.4 Å². The summed E-state index contributed by atoms with van der Waals surface area (Å²) in [5.74, 6) is -2.07. The average molecular weight is 399 g/mol. The fraction of sp³-hybridized carbons (Fsp3) is 0.222. The summed E-state index contributed by atoms with van der Waals surface area (Å²) in [6.07, 6.45) is 5.40. The zero-order valence-corrected chi connectivity index (χ0v) is 16.0. The van der Waals surface area contributed by atoms with Crippen LogP contribution in [0.3, 0.4) is 0 Å². The van der Waals surface area contributed by atoms with Gasteiger partial charge in [-0.25, -0.2) is 4.79 Å². The summed E-state index contributed by atoms with van der Waals surface area (Å²) in [6, 6.07) is 1.68. The van der Waals surface area contributed by atoms with E-state index in [9.17, 15) is 19.8 Å². The van der Waals surface area contributed by atoms with Crippen LogP contribution in [0.4, 0.5) is 0 Å². The van der Waals surface area contributed by atoms with Crippen LogP contribution in [0.15, 0.2) is 34.8 Å². The van der Waals surface area contributed by atoms with Crippen LogP contribution in [-0.2, 0) is 20.1 Å². The number of hydrogen-bond donors (Lipinski definition) is 2. The van der Waals surface area contributed by atoms with E-state index in [1.165, 1.54) is 15.9 Å². The number of aromatic nitrogens is 5. The Kier molecular flexibility index (Phi) is 4.27. The van der Waals surface area contributed by atoms with E-state index in [-0.39, 0.29) is 12.1 Å². The van der Waals surface area contributed by atoms with Crippen LogP contribution < -0.4 is 5.56 Å². The number of pyridine rings is 1. The van der Waals surface area contributed by atoms with E-state index in [2.05, 4.69) is 10.2 Å². The van der Waals surface area contributed by atoms with Crippen molar-refractivity contribution in [2.24, 2.45) is 7.05 Å². The van der Waals surface area contributed by atoms with Gasteiger partial charge < -0.3 is 10.2 Å². The zero-order chi connectivity index (χ0) is 20.0. The van der Waals surface area contributed by atoms with Crippen molar-refractivity contribution >= 4 is 27.5 Å². The van der Waals surface area contributed by atoms with Gasteiger partial charge in [-0.15, -0.1) is 11.3 Å². The number of aryl methyl sites for hydroxylation is 2. The van der Waals surface area contributed by atoms with Crippen molar-refractivity contribution in [2.45, 2.75) is 20.0 Å². The third-order valence-corrected chi connectivity index (χ3v) is 5.46. The molecular weight excluding hydrogens is 382 g/mol. The minimum absolute atomic E-state index is 0.172. The SMILES string of the molecule is Cc1nn(C)cc1Cn1cc(Cn2c(=O)c(O)c(C(=O)O)c3sccc32)cn1. The maximum Gasteiger partial charge on any atom is 0.341 e. The van der Waals surface area contributed by atoms with Crippen molar-refractivity contribution in [1.29, 1.82) is 0 Å². The van der Waals surface area contributed by atoms with Crippen LogP contribution in [-0.4, -0.2) is 40.3 Å². The van der Waals surface area contributed by atoms with Gasteiger partial charge in [0, 0.05) is 30.6 Å². The molecule has 0 aliphatic heterocycles. The van der Waals surface area contributed by atoms with Crippen LogP contribution in [0.2, 0.25) is 0 Å². The Bertz CT molecular complexity index is 1260. The van der Waals surface area contributed by atoms with Crippen molar-refractivity contribution in [3.8, 4) is 5.75 Å². The Labute approximate surface area is 162 Å². The first kappa shape index (κ1) is 18.0. The van der Waals surface area contributed by atoms with Crippen molar-refractivity contribution in [2.75, 3.05) is 0 Å². The molecule has 0 fully saturated rings. The van der Waals surface area contributed by atoms with Gasteiger partial charge in [-0.2, -0.15) is 10.2 Å². The first-order valence-corrected chi connectivity index (χ1v) is 9.30. The number of carbonyl (C=O) groups is 1. The van der Waals surface area contributed by atoms with Gasteiger partial charge in [0.05, 0.1) is 35.2 Å². The van der Waals surface area contributed by atoms with Crippen LogP contribution in [0, 0.1) is 6.92 Å². The Morgan fingerprint density at radius 3 is 2.75 bits per heavy atom. The quantitative estimate of drug-likeness (QED) is 0.529. The standard InChI is InChI=1S/C18H17N5O4S/c1-10-12(8-21(2)20-10)9-22-6-11(5-19-22)7-23-13-3-4-28-16(13)14(18(26)27)15(24)17(23)25/h3-6,8,24H,7,9H2,1-2H3,(H,26,27). The zero-order valence-electron chi connectivity index (χ0n) is 15.2. The van der Waals surface area contributed by atoms with E-state index in [4.69, 9.17) is 0 Å². The second kappa shape index (κ2) is 6.64. The van der Waals surface area contributed by atoms with E-state index in [0.717, 1.165) is 16.8 Å². The number of rotatable bonds is 5.